The molecule has 0 aromatic heterocycles. The van der Waals surface area contributed by atoms with Crippen LogP contribution in [0.3, 0.4) is 0 Å². The van der Waals surface area contributed by atoms with Crippen LogP contribution in [0.1, 0.15) is 33.6 Å². The molecule has 0 bridgehead atoms. The van der Waals surface area contributed by atoms with Crippen LogP contribution < -0.4 is 0 Å². The number of aliphatic hydroxyl groups is 2. The van der Waals surface area contributed by atoms with E-state index in [-0.39, 0.29) is 12.7 Å². The normalized spacial score (nSPS) is 23.3. The topological polar surface area (TPSA) is 76.5 Å². The quantitative estimate of drug-likeness (QED) is 0.768. The average Bonchev–Trinajstić information content (AvgIpc) is 2.48. The molecule has 0 unspecified atom stereocenters. The fourth-order valence-electron chi connectivity index (χ4n) is 3.32. The largest absolute Gasteiger partial charge is 0.444 e. The number of nitrogens with zero attached hydrogens (tertiary/aromatic N) is 3. The molecule has 0 aromatic rings. The van der Waals surface area contributed by atoms with E-state index < -0.39 is 11.2 Å². The van der Waals surface area contributed by atoms with Crippen molar-refractivity contribution in [1.82, 2.24) is 14.7 Å². The number of amides is 1. The second kappa shape index (κ2) is 7.99. The fourth-order valence-corrected chi connectivity index (χ4v) is 3.32. The first-order valence-electron chi connectivity index (χ1n) is 8.97. The number of hydrogen-bond donors (Lipinski definition) is 2. The Morgan fingerprint density at radius 1 is 1.04 bits per heavy atom. The third kappa shape index (κ3) is 5.88. The number of β-amino-alcohol motifs (C(OH)–C–C–N with tert-alkyl or cyclic N) is 2. The zero-order valence-corrected chi connectivity index (χ0v) is 15.3. The number of carbonyl (C=O) groups excluding carboxylic acids is 1. The van der Waals surface area contributed by atoms with E-state index in [9.17, 15) is 9.90 Å². The van der Waals surface area contributed by atoms with E-state index in [1.165, 1.54) is 0 Å². The Labute approximate surface area is 145 Å². The van der Waals surface area contributed by atoms with Gasteiger partial charge in [0.05, 0.1) is 12.2 Å². The minimum absolute atomic E-state index is 0.199. The van der Waals surface area contributed by atoms with Gasteiger partial charge in [0, 0.05) is 52.4 Å². The highest BCUT2D eigenvalue weighted by atomic mass is 16.6. The summed E-state index contributed by atoms with van der Waals surface area (Å²) >= 11 is 0. The summed E-state index contributed by atoms with van der Waals surface area (Å²) in [4.78, 5) is 18.3. The smallest absolute Gasteiger partial charge is 0.410 e. The first kappa shape index (κ1) is 19.4. The van der Waals surface area contributed by atoms with Gasteiger partial charge in [0.15, 0.2) is 0 Å². The maximum atomic E-state index is 12.1. The average molecular weight is 343 g/mol. The van der Waals surface area contributed by atoms with Gasteiger partial charge in [-0.05, 0) is 33.6 Å². The van der Waals surface area contributed by atoms with Crippen LogP contribution in [0, 0.1) is 0 Å². The van der Waals surface area contributed by atoms with Crippen LogP contribution in [-0.4, -0.2) is 101 Å². The highest BCUT2D eigenvalue weighted by Gasteiger charge is 2.37. The van der Waals surface area contributed by atoms with Crippen LogP contribution in [0.15, 0.2) is 0 Å². The van der Waals surface area contributed by atoms with E-state index in [0.717, 1.165) is 32.7 Å². The van der Waals surface area contributed by atoms with Crippen molar-refractivity contribution < 1.29 is 19.7 Å². The number of piperazine rings is 1. The molecule has 2 aliphatic heterocycles. The molecular weight excluding hydrogens is 310 g/mol. The van der Waals surface area contributed by atoms with Crippen LogP contribution in [0.25, 0.3) is 0 Å². The van der Waals surface area contributed by atoms with Crippen LogP contribution in [0.5, 0.6) is 0 Å². The Hall–Kier alpha value is -0.890. The van der Waals surface area contributed by atoms with Crippen molar-refractivity contribution in [2.24, 2.45) is 0 Å². The predicted octanol–water partition coefficient (Wildman–Crippen LogP) is 0.358. The van der Waals surface area contributed by atoms with Gasteiger partial charge in [-0.15, -0.1) is 0 Å². The summed E-state index contributed by atoms with van der Waals surface area (Å²) in [5, 5.41) is 19.8. The molecule has 7 nitrogen and oxygen atoms in total. The highest BCUT2D eigenvalue weighted by molar-refractivity contribution is 5.68. The molecular formula is C17H33N3O4. The lowest BCUT2D eigenvalue weighted by atomic mass is 9.90. The molecule has 2 rings (SSSR count). The van der Waals surface area contributed by atoms with Crippen molar-refractivity contribution in [2.75, 3.05) is 59.0 Å². The van der Waals surface area contributed by atoms with Gasteiger partial charge in [0.2, 0.25) is 0 Å². The Bertz CT molecular complexity index is 409. The van der Waals surface area contributed by atoms with E-state index >= 15 is 0 Å². The van der Waals surface area contributed by atoms with Crippen LogP contribution in [-0.2, 0) is 4.74 Å². The standard InChI is InChI=1S/C17H33N3O4/c1-16(2,3)24-15(22)20-6-4-17(23,5-7-20)14-19-10-8-18(9-11-19)12-13-21/h21,23H,4-14H2,1-3H3. The van der Waals surface area contributed by atoms with Gasteiger partial charge in [0.1, 0.15) is 5.60 Å². The fraction of sp³-hybridized carbons (Fsp3) is 0.941. The summed E-state index contributed by atoms with van der Waals surface area (Å²) in [5.74, 6) is 0. The minimum Gasteiger partial charge on any atom is -0.444 e. The van der Waals surface area contributed by atoms with Crippen molar-refractivity contribution in [2.45, 2.75) is 44.8 Å². The molecule has 140 valence electrons. The molecule has 2 N–H and O–H groups in total. The molecule has 0 atom stereocenters. The minimum atomic E-state index is -0.725. The number of carbonyl (C=O) groups is 1. The van der Waals surface area contributed by atoms with Gasteiger partial charge in [-0.25, -0.2) is 4.79 Å². The van der Waals surface area contributed by atoms with E-state index in [2.05, 4.69) is 9.80 Å². The molecule has 0 saturated carbocycles. The Morgan fingerprint density at radius 3 is 2.08 bits per heavy atom. The molecule has 2 saturated heterocycles. The second-order valence-corrected chi connectivity index (χ2v) is 8.03. The van der Waals surface area contributed by atoms with Gasteiger partial charge in [-0.2, -0.15) is 0 Å². The molecule has 24 heavy (non-hydrogen) atoms. The summed E-state index contributed by atoms with van der Waals surface area (Å²) in [7, 11) is 0. The van der Waals surface area contributed by atoms with Crippen LogP contribution >= 0.6 is 0 Å². The molecule has 0 aromatic carbocycles. The van der Waals surface area contributed by atoms with Crippen molar-refractivity contribution in [3.63, 3.8) is 0 Å². The molecule has 1 amide bonds. The lowest BCUT2D eigenvalue weighted by Crippen LogP contribution is -2.56. The second-order valence-electron chi connectivity index (χ2n) is 8.03. The van der Waals surface area contributed by atoms with E-state index in [0.29, 0.717) is 32.5 Å². The Morgan fingerprint density at radius 2 is 1.58 bits per heavy atom. The van der Waals surface area contributed by atoms with E-state index in [4.69, 9.17) is 9.84 Å². The number of aliphatic hydroxyl groups excluding tert-OH is 1. The zero-order valence-electron chi connectivity index (χ0n) is 15.3. The number of rotatable bonds is 4. The third-order valence-electron chi connectivity index (χ3n) is 4.74. The molecule has 0 aliphatic carbocycles. The van der Waals surface area contributed by atoms with Crippen LogP contribution in [0.2, 0.25) is 0 Å². The summed E-state index contributed by atoms with van der Waals surface area (Å²) in [6, 6.07) is 0. The molecule has 2 aliphatic rings. The van der Waals surface area contributed by atoms with Crippen molar-refractivity contribution in [3.8, 4) is 0 Å². The van der Waals surface area contributed by atoms with Gasteiger partial charge in [-0.1, -0.05) is 0 Å². The molecule has 7 heteroatoms. The van der Waals surface area contributed by atoms with E-state index in [1.807, 2.05) is 20.8 Å². The Kier molecular flexibility index (Phi) is 6.47. The summed E-state index contributed by atoms with van der Waals surface area (Å²) < 4.78 is 5.40. The monoisotopic (exact) mass is 343 g/mol. The Balaban J connectivity index is 1.75. The SMILES string of the molecule is CC(C)(C)OC(=O)N1CCC(O)(CN2CCN(CCO)CC2)CC1. The maximum absolute atomic E-state index is 12.1. The number of piperidine rings is 1. The van der Waals surface area contributed by atoms with Crippen LogP contribution in [0.4, 0.5) is 4.79 Å². The number of likely N-dealkylation sites (tertiary alicyclic amines) is 1. The van der Waals surface area contributed by atoms with Gasteiger partial charge in [-0.3, -0.25) is 9.80 Å². The maximum Gasteiger partial charge on any atom is 0.410 e. The van der Waals surface area contributed by atoms with Gasteiger partial charge >= 0.3 is 6.09 Å². The van der Waals surface area contributed by atoms with E-state index in [1.54, 1.807) is 4.90 Å². The highest BCUT2D eigenvalue weighted by Crippen LogP contribution is 2.25. The molecule has 0 spiro atoms. The third-order valence-corrected chi connectivity index (χ3v) is 4.74. The van der Waals surface area contributed by atoms with Crippen molar-refractivity contribution in [1.29, 1.82) is 0 Å². The molecule has 2 fully saturated rings. The number of ether oxygens (including phenoxy) is 1. The molecule has 0 radical (unpaired) electrons. The van der Waals surface area contributed by atoms with Crippen molar-refractivity contribution in [3.05, 3.63) is 0 Å². The number of hydrogen-bond acceptors (Lipinski definition) is 6. The first-order chi connectivity index (χ1) is 11.2. The molecule has 2 heterocycles. The van der Waals surface area contributed by atoms with Gasteiger partial charge in [0.25, 0.3) is 0 Å². The van der Waals surface area contributed by atoms with Crippen molar-refractivity contribution >= 4 is 6.09 Å². The lowest BCUT2D eigenvalue weighted by molar-refractivity contribution is -0.0562. The predicted molar refractivity (Wildman–Crippen MR) is 92.0 cm³/mol. The van der Waals surface area contributed by atoms with Gasteiger partial charge < -0.3 is 19.8 Å². The summed E-state index contributed by atoms with van der Waals surface area (Å²) in [5.41, 5.74) is -1.21. The lowest BCUT2D eigenvalue weighted by Gasteiger charge is -2.43. The zero-order chi connectivity index (χ0) is 17.8. The summed E-state index contributed by atoms with van der Waals surface area (Å²) in [6.07, 6.45) is 0.883. The summed E-state index contributed by atoms with van der Waals surface area (Å²) in [6.45, 7) is 11.9. The first-order valence-corrected chi connectivity index (χ1v) is 8.97.